The molecule has 160 valence electrons. The van der Waals surface area contributed by atoms with E-state index in [0.29, 0.717) is 17.1 Å². The van der Waals surface area contributed by atoms with Crippen LogP contribution in [0.4, 0.5) is 0 Å². The molecule has 1 N–H and O–H groups in total. The van der Waals surface area contributed by atoms with Crippen LogP contribution in [0, 0.1) is 0 Å². The molecular formula is C18H24N2O7S2. The van der Waals surface area contributed by atoms with Gasteiger partial charge in [-0.2, -0.15) is 0 Å². The highest BCUT2D eigenvalue weighted by Crippen LogP contribution is 2.32. The first-order valence-electron chi connectivity index (χ1n) is 9.30. The summed E-state index contributed by atoms with van der Waals surface area (Å²) in [5.41, 5.74) is 0.399. The van der Waals surface area contributed by atoms with Crippen molar-refractivity contribution in [1.29, 1.82) is 0 Å². The Hall–Kier alpha value is -1.69. The second kappa shape index (κ2) is 7.22. The minimum atomic E-state index is -3.24. The van der Waals surface area contributed by atoms with Crippen molar-refractivity contribution in [2.45, 2.75) is 24.2 Å². The van der Waals surface area contributed by atoms with Gasteiger partial charge in [0.2, 0.25) is 0 Å². The summed E-state index contributed by atoms with van der Waals surface area (Å²) in [5, 5.41) is 3.22. The summed E-state index contributed by atoms with van der Waals surface area (Å²) in [6, 6.07) is 3.26. The van der Waals surface area contributed by atoms with E-state index in [2.05, 4.69) is 5.32 Å². The number of benzene rings is 1. The number of Topliss-reactive ketones (excluding diaryl/α,β-unsaturated/α-hetero) is 1. The molecule has 3 aliphatic rings. The van der Waals surface area contributed by atoms with E-state index in [4.69, 9.17) is 9.47 Å². The number of hydrogen-bond donors (Lipinski definition) is 1. The number of sulfone groups is 2. The van der Waals surface area contributed by atoms with E-state index in [9.17, 15) is 21.6 Å². The highest BCUT2D eigenvalue weighted by atomic mass is 32.2. The predicted octanol–water partition coefficient (Wildman–Crippen LogP) is -0.877. The number of carbonyl (C=O) groups is 1. The Bertz CT molecular complexity index is 990. The zero-order valence-electron chi connectivity index (χ0n) is 16.2. The molecule has 3 fully saturated rings. The van der Waals surface area contributed by atoms with Gasteiger partial charge in [-0.1, -0.05) is 0 Å². The number of piperazine rings is 1. The van der Waals surface area contributed by atoms with E-state index in [1.807, 2.05) is 0 Å². The molecule has 3 heterocycles. The van der Waals surface area contributed by atoms with Crippen LogP contribution in [0.25, 0.3) is 0 Å². The summed E-state index contributed by atoms with van der Waals surface area (Å²) < 4.78 is 59.2. The number of ketones is 1. The van der Waals surface area contributed by atoms with E-state index in [1.165, 1.54) is 14.2 Å². The number of carbonyl (C=O) groups excluding carboxylic acids is 1. The first-order valence-corrected chi connectivity index (χ1v) is 12.9. The highest BCUT2D eigenvalue weighted by molar-refractivity contribution is 7.92. The van der Waals surface area contributed by atoms with Crippen LogP contribution >= 0.6 is 0 Å². The number of ether oxygens (including phenoxy) is 2. The van der Waals surface area contributed by atoms with Crippen molar-refractivity contribution in [3.8, 4) is 11.5 Å². The van der Waals surface area contributed by atoms with Gasteiger partial charge >= 0.3 is 0 Å². The molecule has 9 nitrogen and oxygen atoms in total. The summed E-state index contributed by atoms with van der Waals surface area (Å²) in [6.07, 6.45) is 0. The molecule has 0 unspecified atom stereocenters. The van der Waals surface area contributed by atoms with Crippen LogP contribution in [-0.4, -0.2) is 95.5 Å². The Morgan fingerprint density at radius 1 is 0.966 bits per heavy atom. The van der Waals surface area contributed by atoms with Gasteiger partial charge in [0.05, 0.1) is 43.8 Å². The van der Waals surface area contributed by atoms with Crippen molar-refractivity contribution in [1.82, 2.24) is 10.2 Å². The van der Waals surface area contributed by atoms with Crippen molar-refractivity contribution >= 4 is 25.5 Å². The van der Waals surface area contributed by atoms with Crippen LogP contribution in [0.1, 0.15) is 10.4 Å². The summed E-state index contributed by atoms with van der Waals surface area (Å²) in [7, 11) is -3.51. The van der Waals surface area contributed by atoms with Crippen LogP contribution < -0.4 is 14.8 Å². The lowest BCUT2D eigenvalue weighted by Crippen LogP contribution is -2.67. The van der Waals surface area contributed by atoms with Gasteiger partial charge in [-0.3, -0.25) is 9.69 Å². The third kappa shape index (κ3) is 3.88. The number of nitrogens with zero attached hydrogens (tertiary/aromatic N) is 1. The van der Waals surface area contributed by atoms with E-state index in [0.717, 1.165) is 0 Å². The van der Waals surface area contributed by atoms with Crippen LogP contribution in [0.2, 0.25) is 0 Å². The Kier molecular flexibility index (Phi) is 5.12. The lowest BCUT2D eigenvalue weighted by molar-refractivity contribution is 0.0617. The maximum absolute atomic E-state index is 13.0. The van der Waals surface area contributed by atoms with E-state index < -0.39 is 31.8 Å². The first kappa shape index (κ1) is 20.6. The smallest absolute Gasteiger partial charge is 0.176 e. The molecule has 1 aromatic rings. The molecule has 3 saturated heterocycles. The second-order valence-corrected chi connectivity index (χ2v) is 12.1. The molecule has 29 heavy (non-hydrogen) atoms. The largest absolute Gasteiger partial charge is 0.493 e. The average molecular weight is 445 g/mol. The standard InChI is InChI=1S/C18H24N2O7S2/c1-26-17-4-3-11(5-18(17)27-2)16(21)6-20-14-9-28(22,23)7-12(14)19-13-8-29(24,25)10-15(13)20/h3-5,12-15,19H,6-10H2,1-2H3/t12-,13+,14-,15-/m1/s1. The average Bonchev–Trinajstić information content (AvgIpc) is 3.13. The Morgan fingerprint density at radius 3 is 2.03 bits per heavy atom. The van der Waals surface area contributed by atoms with Gasteiger partial charge in [-0.25, -0.2) is 16.8 Å². The van der Waals surface area contributed by atoms with Gasteiger partial charge in [0.1, 0.15) is 0 Å². The molecule has 0 aliphatic carbocycles. The monoisotopic (exact) mass is 444 g/mol. The zero-order chi connectivity index (χ0) is 21.0. The molecule has 0 aromatic heterocycles. The Morgan fingerprint density at radius 2 is 1.52 bits per heavy atom. The number of fused-ring (bicyclic) bond motifs is 2. The second-order valence-electron chi connectivity index (χ2n) is 7.83. The van der Waals surface area contributed by atoms with Crippen LogP contribution in [0.3, 0.4) is 0 Å². The van der Waals surface area contributed by atoms with Crippen molar-refractivity contribution in [2.24, 2.45) is 0 Å². The molecule has 0 spiro atoms. The number of methoxy groups -OCH3 is 2. The number of rotatable bonds is 5. The fraction of sp³-hybridized carbons (Fsp3) is 0.611. The topological polar surface area (TPSA) is 119 Å². The van der Waals surface area contributed by atoms with E-state index >= 15 is 0 Å². The SMILES string of the molecule is COc1ccc(C(=O)CN2[C@@H]3CS(=O)(=O)C[C@@H]3N[C@@H]3CS(=O)(=O)C[C@H]32)cc1OC. The lowest BCUT2D eigenvalue weighted by Gasteiger charge is -2.44. The summed E-state index contributed by atoms with van der Waals surface area (Å²) in [4.78, 5) is 14.8. The summed E-state index contributed by atoms with van der Waals surface area (Å²) >= 11 is 0. The summed E-state index contributed by atoms with van der Waals surface area (Å²) in [5.74, 6) is 0.458. The predicted molar refractivity (Wildman–Crippen MR) is 106 cm³/mol. The molecular weight excluding hydrogens is 420 g/mol. The fourth-order valence-corrected chi connectivity index (χ4v) is 8.54. The normalized spacial score (nSPS) is 32.3. The summed E-state index contributed by atoms with van der Waals surface area (Å²) in [6.45, 7) is -0.0511. The van der Waals surface area contributed by atoms with Crippen LogP contribution in [0.5, 0.6) is 11.5 Å². The minimum absolute atomic E-state index is 0.0397. The van der Waals surface area contributed by atoms with Crippen LogP contribution in [0.15, 0.2) is 18.2 Å². The maximum atomic E-state index is 13.0. The molecule has 0 amide bonds. The molecule has 3 aliphatic heterocycles. The maximum Gasteiger partial charge on any atom is 0.176 e. The van der Waals surface area contributed by atoms with Crippen molar-refractivity contribution < 1.29 is 31.1 Å². The van der Waals surface area contributed by atoms with Gasteiger partial charge in [-0.05, 0) is 18.2 Å². The molecule has 4 atom stereocenters. The van der Waals surface area contributed by atoms with Crippen molar-refractivity contribution in [3.63, 3.8) is 0 Å². The van der Waals surface area contributed by atoms with Gasteiger partial charge < -0.3 is 14.8 Å². The number of nitrogens with one attached hydrogen (secondary N) is 1. The molecule has 0 radical (unpaired) electrons. The van der Waals surface area contributed by atoms with Crippen molar-refractivity contribution in [2.75, 3.05) is 43.8 Å². The fourth-order valence-electron chi connectivity index (χ4n) is 4.65. The van der Waals surface area contributed by atoms with Gasteiger partial charge in [0.15, 0.2) is 37.0 Å². The van der Waals surface area contributed by atoms with Gasteiger partial charge in [0.25, 0.3) is 0 Å². The highest BCUT2D eigenvalue weighted by Gasteiger charge is 2.54. The molecule has 0 saturated carbocycles. The number of hydrogen-bond acceptors (Lipinski definition) is 9. The Balaban J connectivity index is 1.63. The molecule has 11 heteroatoms. The van der Waals surface area contributed by atoms with Crippen LogP contribution in [-0.2, 0) is 19.7 Å². The quantitative estimate of drug-likeness (QED) is 0.578. The zero-order valence-corrected chi connectivity index (χ0v) is 17.8. The van der Waals surface area contributed by atoms with Crippen molar-refractivity contribution in [3.05, 3.63) is 23.8 Å². The molecule has 1 aromatic carbocycles. The third-order valence-electron chi connectivity index (χ3n) is 5.96. The van der Waals surface area contributed by atoms with E-state index in [-0.39, 0.29) is 47.4 Å². The van der Waals surface area contributed by atoms with Gasteiger partial charge in [0, 0.05) is 29.7 Å². The van der Waals surface area contributed by atoms with Gasteiger partial charge in [-0.15, -0.1) is 0 Å². The Labute approximate surface area is 170 Å². The third-order valence-corrected chi connectivity index (χ3v) is 9.39. The molecule has 4 rings (SSSR count). The first-order chi connectivity index (χ1) is 13.6. The molecule has 0 bridgehead atoms. The van der Waals surface area contributed by atoms with E-state index in [1.54, 1.807) is 23.1 Å². The minimum Gasteiger partial charge on any atom is -0.493 e. The lowest BCUT2D eigenvalue weighted by atomic mass is 9.96.